The zero-order chi connectivity index (χ0) is 28.0. The minimum Gasteiger partial charge on any atom is -0.457 e. The molecule has 3 aromatic rings. The maximum Gasteiger partial charge on any atom is 0.493 e. The minimum atomic E-state index is -5.39. The number of nitrogens with zero attached hydrogens (tertiary/aromatic N) is 3. The van der Waals surface area contributed by atoms with Crippen molar-refractivity contribution in [3.8, 4) is 22.8 Å². The van der Waals surface area contributed by atoms with Crippen molar-refractivity contribution in [1.82, 2.24) is 9.88 Å². The van der Waals surface area contributed by atoms with Crippen molar-refractivity contribution in [2.24, 2.45) is 11.5 Å². The van der Waals surface area contributed by atoms with Crippen LogP contribution >= 0.6 is 11.6 Å². The molecule has 0 aliphatic carbocycles. The van der Waals surface area contributed by atoms with Gasteiger partial charge in [-0.1, -0.05) is 23.7 Å². The van der Waals surface area contributed by atoms with Crippen molar-refractivity contribution in [1.29, 1.82) is 0 Å². The molecule has 1 aliphatic heterocycles. The van der Waals surface area contributed by atoms with Gasteiger partial charge in [0.05, 0.1) is 23.0 Å². The number of hydroxylamine groups is 1. The van der Waals surface area contributed by atoms with E-state index >= 15 is 0 Å². The van der Waals surface area contributed by atoms with Crippen LogP contribution in [0.2, 0.25) is 5.02 Å². The Hall–Kier alpha value is -3.59. The molecule has 1 aliphatic rings. The highest BCUT2D eigenvalue weighted by molar-refractivity contribution is 6.30. The van der Waals surface area contributed by atoms with Crippen LogP contribution in [0.3, 0.4) is 0 Å². The van der Waals surface area contributed by atoms with Gasteiger partial charge in [-0.25, -0.2) is 9.78 Å². The normalized spacial score (nSPS) is 18.2. The van der Waals surface area contributed by atoms with Crippen molar-refractivity contribution >= 4 is 23.4 Å². The van der Waals surface area contributed by atoms with Gasteiger partial charge in [0.1, 0.15) is 11.5 Å². The second-order valence-corrected chi connectivity index (χ2v) is 8.50. The standard InChI is InChI=1S/C23H18ClF6N5O3/c1-34-18(31)13-9-10-15(33-19(13)35(21(34)32)38-20(36)23(28,29)30)17-14(22(25,26)27)3-2-4-16(17)37-12-7-5-11(24)6-8-12/h2-10,18,21H,31-32H2,1H3. The van der Waals surface area contributed by atoms with E-state index in [2.05, 4.69) is 9.82 Å². The smallest absolute Gasteiger partial charge is 0.457 e. The zero-order valence-corrected chi connectivity index (χ0v) is 20.0. The van der Waals surface area contributed by atoms with Gasteiger partial charge in [0, 0.05) is 10.6 Å². The van der Waals surface area contributed by atoms with E-state index in [0.717, 1.165) is 12.1 Å². The van der Waals surface area contributed by atoms with E-state index in [1.807, 2.05) is 0 Å². The zero-order valence-electron chi connectivity index (χ0n) is 19.2. The number of hydrogen-bond acceptors (Lipinski definition) is 8. The van der Waals surface area contributed by atoms with E-state index < -0.39 is 47.7 Å². The molecule has 0 bridgehead atoms. The molecule has 38 heavy (non-hydrogen) atoms. The maximum absolute atomic E-state index is 14.0. The number of carbonyl (C=O) groups excluding carboxylic acids is 1. The molecule has 8 nitrogen and oxygen atoms in total. The maximum atomic E-state index is 14.0. The molecule has 2 heterocycles. The van der Waals surface area contributed by atoms with Gasteiger partial charge in [-0.3, -0.25) is 10.6 Å². The van der Waals surface area contributed by atoms with Crippen LogP contribution in [0.1, 0.15) is 17.3 Å². The van der Waals surface area contributed by atoms with Gasteiger partial charge >= 0.3 is 18.3 Å². The average Bonchev–Trinajstić information content (AvgIpc) is 2.85. The first-order chi connectivity index (χ1) is 17.7. The number of carbonyl (C=O) groups is 1. The van der Waals surface area contributed by atoms with Crippen LogP contribution in [-0.4, -0.2) is 35.4 Å². The number of halogens is 7. The summed E-state index contributed by atoms with van der Waals surface area (Å²) in [6.07, 6.45) is -12.8. The summed E-state index contributed by atoms with van der Waals surface area (Å²) in [5.74, 6) is -3.21. The third kappa shape index (κ3) is 5.34. The van der Waals surface area contributed by atoms with Crippen molar-refractivity contribution in [3.05, 3.63) is 70.7 Å². The van der Waals surface area contributed by atoms with E-state index in [0.29, 0.717) is 10.1 Å². The summed E-state index contributed by atoms with van der Waals surface area (Å²) in [6, 6.07) is 11.4. The Morgan fingerprint density at radius 1 is 1.00 bits per heavy atom. The molecule has 4 N–H and O–H groups in total. The van der Waals surface area contributed by atoms with Crippen LogP contribution in [-0.2, 0) is 15.8 Å². The topological polar surface area (TPSA) is 107 Å². The number of nitrogens with two attached hydrogens (primary N) is 2. The highest BCUT2D eigenvalue weighted by atomic mass is 35.5. The second kappa shape index (κ2) is 9.94. The Morgan fingerprint density at radius 2 is 1.66 bits per heavy atom. The summed E-state index contributed by atoms with van der Waals surface area (Å²) in [4.78, 5) is 21.3. The number of anilines is 1. The van der Waals surface area contributed by atoms with E-state index in [1.54, 1.807) is 0 Å². The molecule has 0 saturated carbocycles. The molecule has 2 unspecified atom stereocenters. The monoisotopic (exact) mass is 561 g/mol. The first-order valence-electron chi connectivity index (χ1n) is 10.6. The van der Waals surface area contributed by atoms with E-state index in [1.165, 1.54) is 54.4 Å². The third-order valence-corrected chi connectivity index (χ3v) is 5.82. The van der Waals surface area contributed by atoms with Crippen LogP contribution < -0.4 is 21.3 Å². The van der Waals surface area contributed by atoms with Crippen molar-refractivity contribution < 1.29 is 40.7 Å². The highest BCUT2D eigenvalue weighted by Gasteiger charge is 2.46. The van der Waals surface area contributed by atoms with Gasteiger partial charge in [-0.05, 0) is 49.5 Å². The lowest BCUT2D eigenvalue weighted by molar-refractivity contribution is -0.204. The Bertz CT molecular complexity index is 1350. The molecular weight excluding hydrogens is 544 g/mol. The highest BCUT2D eigenvalue weighted by Crippen LogP contribution is 2.44. The SMILES string of the molecule is CN1C(N)c2ccc(-c3c(Oc4ccc(Cl)cc4)cccc3C(F)(F)F)nc2N(OC(=O)C(F)(F)F)C1N. The van der Waals surface area contributed by atoms with Crippen LogP contribution in [0.15, 0.2) is 54.6 Å². The van der Waals surface area contributed by atoms with Gasteiger partial charge in [0.25, 0.3) is 0 Å². The summed E-state index contributed by atoms with van der Waals surface area (Å²) in [5, 5.41) is 0.706. The Labute approximate surface area is 216 Å². The number of alkyl halides is 6. The van der Waals surface area contributed by atoms with Gasteiger partial charge < -0.3 is 15.3 Å². The molecule has 202 valence electrons. The fourth-order valence-electron chi connectivity index (χ4n) is 3.66. The van der Waals surface area contributed by atoms with Crippen molar-refractivity contribution in [2.75, 3.05) is 12.1 Å². The summed E-state index contributed by atoms with van der Waals surface area (Å²) < 4.78 is 86.7. The quantitative estimate of drug-likeness (QED) is 0.420. The molecule has 0 saturated heterocycles. The fourth-order valence-corrected chi connectivity index (χ4v) is 3.79. The lowest BCUT2D eigenvalue weighted by Crippen LogP contribution is -2.60. The van der Waals surface area contributed by atoms with Crippen LogP contribution in [0.5, 0.6) is 11.5 Å². The number of ether oxygens (including phenoxy) is 1. The molecular formula is C23H18ClF6N5O3. The van der Waals surface area contributed by atoms with Gasteiger partial charge in [0.2, 0.25) is 0 Å². The number of aromatic nitrogens is 1. The molecule has 2 atom stereocenters. The molecule has 0 fully saturated rings. The summed E-state index contributed by atoms with van der Waals surface area (Å²) in [6.45, 7) is 0. The molecule has 0 spiro atoms. The van der Waals surface area contributed by atoms with E-state index in [9.17, 15) is 31.1 Å². The molecule has 4 rings (SSSR count). The van der Waals surface area contributed by atoms with E-state index in [4.69, 9.17) is 27.8 Å². The second-order valence-electron chi connectivity index (χ2n) is 8.07. The number of rotatable bonds is 4. The number of hydrogen-bond donors (Lipinski definition) is 2. The van der Waals surface area contributed by atoms with Crippen LogP contribution in [0.4, 0.5) is 32.2 Å². The largest absolute Gasteiger partial charge is 0.493 e. The predicted molar refractivity (Wildman–Crippen MR) is 123 cm³/mol. The Kier molecular flexibility index (Phi) is 7.18. The van der Waals surface area contributed by atoms with Gasteiger partial charge in [-0.2, -0.15) is 31.4 Å². The first-order valence-corrected chi connectivity index (χ1v) is 11.0. The number of benzene rings is 2. The van der Waals surface area contributed by atoms with Gasteiger partial charge in [-0.15, -0.1) is 0 Å². The van der Waals surface area contributed by atoms with Crippen LogP contribution in [0.25, 0.3) is 11.3 Å². The van der Waals surface area contributed by atoms with Crippen molar-refractivity contribution in [3.63, 3.8) is 0 Å². The predicted octanol–water partition coefficient (Wildman–Crippen LogP) is 5.19. The molecule has 0 radical (unpaired) electrons. The van der Waals surface area contributed by atoms with Gasteiger partial charge in [0.15, 0.2) is 12.1 Å². The lowest BCUT2D eigenvalue weighted by atomic mass is 10.0. The molecule has 2 aromatic carbocycles. The number of pyridine rings is 1. The number of fused-ring (bicyclic) bond motifs is 1. The summed E-state index contributed by atoms with van der Waals surface area (Å²) >= 11 is 5.86. The Morgan fingerprint density at radius 3 is 2.26 bits per heavy atom. The summed E-state index contributed by atoms with van der Waals surface area (Å²) in [7, 11) is 1.34. The molecule has 0 amide bonds. The lowest BCUT2D eigenvalue weighted by Gasteiger charge is -2.42. The Balaban J connectivity index is 1.89. The molecule has 15 heteroatoms. The molecule has 1 aromatic heterocycles. The van der Waals surface area contributed by atoms with E-state index in [-0.39, 0.29) is 22.8 Å². The fraction of sp³-hybridized carbons (Fsp3) is 0.217. The minimum absolute atomic E-state index is 0.0394. The van der Waals surface area contributed by atoms with Crippen molar-refractivity contribution in [2.45, 2.75) is 24.8 Å². The third-order valence-electron chi connectivity index (χ3n) is 5.57. The summed E-state index contributed by atoms with van der Waals surface area (Å²) in [5.41, 5.74) is 10.0. The first kappa shape index (κ1) is 27.4. The van der Waals surface area contributed by atoms with Crippen LogP contribution in [0, 0.1) is 0 Å². The average molecular weight is 562 g/mol.